The van der Waals surface area contributed by atoms with Crippen molar-refractivity contribution in [2.45, 2.75) is 43.9 Å². The Morgan fingerprint density at radius 3 is 2.04 bits per heavy atom. The highest BCUT2D eigenvalue weighted by Gasteiger charge is 2.51. The van der Waals surface area contributed by atoms with Crippen LogP contribution in [0.5, 0.6) is 0 Å². The summed E-state index contributed by atoms with van der Waals surface area (Å²) in [6.45, 7) is -0.153. The van der Waals surface area contributed by atoms with Crippen molar-refractivity contribution in [3.05, 3.63) is 29.8 Å². The highest BCUT2D eigenvalue weighted by molar-refractivity contribution is 5.94. The summed E-state index contributed by atoms with van der Waals surface area (Å²) in [5.41, 5.74) is 7.81. The van der Waals surface area contributed by atoms with E-state index in [0.717, 1.165) is 23.4 Å². The summed E-state index contributed by atoms with van der Waals surface area (Å²) in [6.07, 6.45) is 8.37. The number of nitrogens with two attached hydrogens (primary N) is 1. The molecule has 4 aliphatic carbocycles. The second-order valence-corrected chi connectivity index (χ2v) is 8.30. The molecule has 4 aliphatic rings. The summed E-state index contributed by atoms with van der Waals surface area (Å²) < 4.78 is 0. The molecule has 5 nitrogen and oxygen atoms in total. The van der Waals surface area contributed by atoms with Gasteiger partial charge in [0.05, 0.1) is 13.1 Å². The van der Waals surface area contributed by atoms with Gasteiger partial charge in [-0.1, -0.05) is 12.1 Å². The smallest absolute Gasteiger partial charge is 0.243 e. The zero-order valence-electron chi connectivity index (χ0n) is 14.6. The highest BCUT2D eigenvalue weighted by atomic mass is 16.2. The molecule has 0 spiro atoms. The Bertz CT molecular complexity index is 633. The fourth-order valence-electron chi connectivity index (χ4n) is 5.83. The van der Waals surface area contributed by atoms with Gasteiger partial charge in [0.25, 0.3) is 0 Å². The monoisotopic (exact) mass is 341 g/mol. The van der Waals surface area contributed by atoms with Crippen LogP contribution in [0.25, 0.3) is 0 Å². The Kier molecular flexibility index (Phi) is 4.28. The molecule has 4 saturated carbocycles. The molecule has 0 aliphatic heterocycles. The number of carbonyl (C=O) groups is 2. The third kappa shape index (κ3) is 3.30. The van der Waals surface area contributed by atoms with Gasteiger partial charge >= 0.3 is 0 Å². The van der Waals surface area contributed by atoms with Gasteiger partial charge in [-0.15, -0.1) is 0 Å². The van der Waals surface area contributed by atoms with Gasteiger partial charge in [0.2, 0.25) is 11.8 Å². The molecule has 4 fully saturated rings. The van der Waals surface area contributed by atoms with Crippen molar-refractivity contribution in [1.29, 1.82) is 0 Å². The molecular weight excluding hydrogens is 314 g/mol. The molecule has 0 saturated heterocycles. The van der Waals surface area contributed by atoms with Crippen LogP contribution in [-0.2, 0) is 15.0 Å². The van der Waals surface area contributed by atoms with E-state index in [-0.39, 0.29) is 24.9 Å². The van der Waals surface area contributed by atoms with Crippen molar-refractivity contribution in [1.82, 2.24) is 5.32 Å². The van der Waals surface area contributed by atoms with Gasteiger partial charge in [0.1, 0.15) is 0 Å². The lowest BCUT2D eigenvalue weighted by Crippen LogP contribution is -2.48. The SMILES string of the molecule is NCC(=O)NCC(=O)Nc1ccc(C23CC4CC(CC(C4)C2)C3)cc1. The molecule has 0 unspecified atom stereocenters. The van der Waals surface area contributed by atoms with Crippen LogP contribution >= 0.6 is 0 Å². The van der Waals surface area contributed by atoms with Gasteiger partial charge in [0, 0.05) is 5.69 Å². The molecule has 134 valence electrons. The zero-order valence-corrected chi connectivity index (χ0v) is 14.6. The first kappa shape index (κ1) is 16.6. The lowest BCUT2D eigenvalue weighted by Gasteiger charge is -2.57. The minimum absolute atomic E-state index is 0.0488. The van der Waals surface area contributed by atoms with E-state index in [1.54, 1.807) is 0 Å². The predicted octanol–water partition coefficient (Wildman–Crippen LogP) is 2.17. The Labute approximate surface area is 148 Å². The minimum Gasteiger partial charge on any atom is -0.346 e. The van der Waals surface area contributed by atoms with Crippen molar-refractivity contribution in [2.75, 3.05) is 18.4 Å². The van der Waals surface area contributed by atoms with Gasteiger partial charge < -0.3 is 16.4 Å². The van der Waals surface area contributed by atoms with E-state index in [0.29, 0.717) is 5.41 Å². The van der Waals surface area contributed by atoms with Gasteiger partial charge in [-0.2, -0.15) is 0 Å². The molecule has 2 amide bonds. The second kappa shape index (κ2) is 6.45. The normalized spacial score (nSPS) is 32.4. The quantitative estimate of drug-likeness (QED) is 0.767. The largest absolute Gasteiger partial charge is 0.346 e. The molecular formula is C20H27N3O2. The van der Waals surface area contributed by atoms with Gasteiger partial charge in [-0.3, -0.25) is 9.59 Å². The number of anilines is 1. The second-order valence-electron chi connectivity index (χ2n) is 8.30. The topological polar surface area (TPSA) is 84.2 Å². The maximum Gasteiger partial charge on any atom is 0.243 e. The van der Waals surface area contributed by atoms with Crippen molar-refractivity contribution in [3.8, 4) is 0 Å². The summed E-state index contributed by atoms with van der Waals surface area (Å²) in [6, 6.07) is 8.38. The number of rotatable bonds is 5. The first-order valence-corrected chi connectivity index (χ1v) is 9.43. The van der Waals surface area contributed by atoms with E-state index in [9.17, 15) is 9.59 Å². The fraction of sp³-hybridized carbons (Fsp3) is 0.600. The summed E-state index contributed by atoms with van der Waals surface area (Å²) in [4.78, 5) is 23.0. The number of amides is 2. The van der Waals surface area contributed by atoms with Crippen LogP contribution in [0.4, 0.5) is 5.69 Å². The molecule has 4 N–H and O–H groups in total. The fourth-order valence-corrected chi connectivity index (χ4v) is 5.83. The van der Waals surface area contributed by atoms with E-state index >= 15 is 0 Å². The number of nitrogens with one attached hydrogen (secondary N) is 2. The molecule has 5 heteroatoms. The van der Waals surface area contributed by atoms with Gasteiger partial charge in [-0.05, 0) is 79.4 Å². The Hall–Kier alpha value is -1.88. The van der Waals surface area contributed by atoms with E-state index in [1.165, 1.54) is 44.1 Å². The Morgan fingerprint density at radius 2 is 1.52 bits per heavy atom. The highest BCUT2D eigenvalue weighted by Crippen LogP contribution is 2.60. The molecule has 25 heavy (non-hydrogen) atoms. The van der Waals surface area contributed by atoms with Gasteiger partial charge in [0.15, 0.2) is 0 Å². The Morgan fingerprint density at radius 1 is 0.960 bits per heavy atom. The van der Waals surface area contributed by atoms with Crippen LogP contribution in [0.2, 0.25) is 0 Å². The molecule has 1 aromatic carbocycles. The number of carbonyl (C=O) groups excluding carboxylic acids is 2. The van der Waals surface area contributed by atoms with Crippen LogP contribution in [0.15, 0.2) is 24.3 Å². The molecule has 0 atom stereocenters. The minimum atomic E-state index is -0.327. The average Bonchev–Trinajstić information content (AvgIpc) is 2.59. The summed E-state index contributed by atoms with van der Waals surface area (Å²) in [7, 11) is 0. The Balaban J connectivity index is 1.41. The van der Waals surface area contributed by atoms with Crippen molar-refractivity contribution < 1.29 is 9.59 Å². The van der Waals surface area contributed by atoms with Crippen LogP contribution in [-0.4, -0.2) is 24.9 Å². The van der Waals surface area contributed by atoms with Crippen LogP contribution in [0.3, 0.4) is 0 Å². The zero-order chi connectivity index (χ0) is 17.4. The van der Waals surface area contributed by atoms with E-state index in [1.807, 2.05) is 12.1 Å². The number of benzene rings is 1. The lowest BCUT2D eigenvalue weighted by molar-refractivity contribution is -0.123. The summed E-state index contributed by atoms with van der Waals surface area (Å²) in [5, 5.41) is 5.30. The molecule has 5 rings (SSSR count). The van der Waals surface area contributed by atoms with Crippen LogP contribution < -0.4 is 16.4 Å². The number of hydrogen-bond acceptors (Lipinski definition) is 3. The van der Waals surface area contributed by atoms with Crippen molar-refractivity contribution in [3.63, 3.8) is 0 Å². The summed E-state index contributed by atoms with van der Waals surface area (Å²) >= 11 is 0. The first-order chi connectivity index (χ1) is 12.1. The first-order valence-electron chi connectivity index (χ1n) is 9.43. The average molecular weight is 341 g/mol. The van der Waals surface area contributed by atoms with Gasteiger partial charge in [-0.25, -0.2) is 0 Å². The maximum absolute atomic E-state index is 11.9. The third-order valence-corrected chi connectivity index (χ3v) is 6.45. The van der Waals surface area contributed by atoms with E-state index in [2.05, 4.69) is 22.8 Å². The van der Waals surface area contributed by atoms with Crippen LogP contribution in [0.1, 0.15) is 44.1 Å². The third-order valence-electron chi connectivity index (χ3n) is 6.45. The molecule has 0 radical (unpaired) electrons. The molecule has 0 heterocycles. The van der Waals surface area contributed by atoms with E-state index in [4.69, 9.17) is 5.73 Å². The van der Waals surface area contributed by atoms with E-state index < -0.39 is 0 Å². The number of hydrogen-bond donors (Lipinski definition) is 3. The summed E-state index contributed by atoms with van der Waals surface area (Å²) in [5.74, 6) is 2.22. The van der Waals surface area contributed by atoms with Crippen molar-refractivity contribution in [2.24, 2.45) is 23.5 Å². The lowest BCUT2D eigenvalue weighted by atomic mass is 9.48. The van der Waals surface area contributed by atoms with Crippen molar-refractivity contribution >= 4 is 17.5 Å². The standard InChI is InChI=1S/C20H27N3O2/c21-11-18(24)22-12-19(25)23-17-3-1-16(2-4-17)20-8-13-5-14(9-20)7-15(6-13)10-20/h1-4,13-15H,5-12,21H2,(H,22,24)(H,23,25). The van der Waals surface area contributed by atoms with Crippen LogP contribution in [0, 0.1) is 17.8 Å². The predicted molar refractivity (Wildman–Crippen MR) is 97.0 cm³/mol. The maximum atomic E-state index is 11.9. The molecule has 0 aromatic heterocycles. The molecule has 1 aromatic rings. The molecule has 4 bridgehead atoms.